The van der Waals surface area contributed by atoms with E-state index in [0.29, 0.717) is 0 Å². The Hall–Kier alpha value is -0.500. The second kappa shape index (κ2) is 5.90. The van der Waals surface area contributed by atoms with Crippen LogP contribution in [0.1, 0.15) is 38.2 Å². The Morgan fingerprint density at radius 3 is 2.76 bits per heavy atom. The number of halogens is 1. The lowest BCUT2D eigenvalue weighted by Gasteiger charge is -2.36. The predicted molar refractivity (Wildman–Crippen MR) is 78.9 cm³/mol. The van der Waals surface area contributed by atoms with Gasteiger partial charge in [-0.2, -0.15) is 0 Å². The first-order valence-electron chi connectivity index (χ1n) is 6.59. The molecule has 0 radical (unpaired) electrons. The third kappa shape index (κ3) is 3.04. The fourth-order valence-corrected chi connectivity index (χ4v) is 3.39. The minimum Gasteiger partial charge on any atom is -0.371 e. The van der Waals surface area contributed by atoms with Crippen molar-refractivity contribution in [2.24, 2.45) is 5.92 Å². The molecule has 2 atom stereocenters. The van der Waals surface area contributed by atoms with E-state index in [9.17, 15) is 0 Å². The molecule has 1 saturated carbocycles. The Balaban J connectivity index is 2.15. The standard InChI is InChI=1S/C15H22BrN/c1-12-6-5-8-14(10-12)17(2)15-9-4-3-7-13(15)11-16/h3-4,7,9,12,14H,5-6,8,10-11H2,1-2H3. The minimum absolute atomic E-state index is 0.721. The molecular weight excluding hydrogens is 274 g/mol. The lowest BCUT2D eigenvalue weighted by Crippen LogP contribution is -2.36. The molecule has 0 N–H and O–H groups in total. The van der Waals surface area contributed by atoms with Crippen molar-refractivity contribution in [3.63, 3.8) is 0 Å². The summed E-state index contributed by atoms with van der Waals surface area (Å²) in [6.45, 7) is 2.39. The molecule has 0 saturated heterocycles. The van der Waals surface area contributed by atoms with Crippen LogP contribution in [0.25, 0.3) is 0 Å². The lowest BCUT2D eigenvalue weighted by molar-refractivity contribution is 0.336. The van der Waals surface area contributed by atoms with Crippen LogP contribution in [0.4, 0.5) is 5.69 Å². The average Bonchev–Trinajstić information content (AvgIpc) is 2.38. The first kappa shape index (κ1) is 12.9. The van der Waals surface area contributed by atoms with Gasteiger partial charge in [0.25, 0.3) is 0 Å². The van der Waals surface area contributed by atoms with Crippen molar-refractivity contribution in [3.05, 3.63) is 29.8 Å². The van der Waals surface area contributed by atoms with Gasteiger partial charge in [-0.15, -0.1) is 0 Å². The van der Waals surface area contributed by atoms with E-state index < -0.39 is 0 Å². The first-order valence-corrected chi connectivity index (χ1v) is 7.71. The fourth-order valence-electron chi connectivity index (χ4n) is 2.92. The number of para-hydroxylation sites is 1. The molecule has 0 aliphatic heterocycles. The molecule has 2 rings (SSSR count). The van der Waals surface area contributed by atoms with Gasteiger partial charge in [-0.1, -0.05) is 53.9 Å². The van der Waals surface area contributed by atoms with Gasteiger partial charge in [-0.25, -0.2) is 0 Å². The van der Waals surface area contributed by atoms with Crippen LogP contribution < -0.4 is 4.90 Å². The zero-order valence-corrected chi connectivity index (χ0v) is 12.4. The monoisotopic (exact) mass is 295 g/mol. The summed E-state index contributed by atoms with van der Waals surface area (Å²) in [5, 5.41) is 0.940. The predicted octanol–water partition coefficient (Wildman–Crippen LogP) is 4.60. The fraction of sp³-hybridized carbons (Fsp3) is 0.600. The van der Waals surface area contributed by atoms with Gasteiger partial charge in [0.05, 0.1) is 0 Å². The molecule has 0 heterocycles. The largest absolute Gasteiger partial charge is 0.371 e. The minimum atomic E-state index is 0.721. The maximum absolute atomic E-state index is 3.59. The second-order valence-electron chi connectivity index (χ2n) is 5.30. The summed E-state index contributed by atoms with van der Waals surface area (Å²) in [7, 11) is 2.25. The Labute approximate surface area is 113 Å². The smallest absolute Gasteiger partial charge is 0.0407 e. The summed E-state index contributed by atoms with van der Waals surface area (Å²) in [5.74, 6) is 0.882. The molecule has 2 heteroatoms. The van der Waals surface area contributed by atoms with Crippen LogP contribution in [0, 0.1) is 5.92 Å². The van der Waals surface area contributed by atoms with E-state index in [1.165, 1.54) is 36.9 Å². The van der Waals surface area contributed by atoms with Gasteiger partial charge in [0.2, 0.25) is 0 Å². The summed E-state index contributed by atoms with van der Waals surface area (Å²) >= 11 is 3.59. The third-order valence-corrected chi connectivity index (χ3v) is 4.58. The van der Waals surface area contributed by atoms with E-state index in [4.69, 9.17) is 0 Å². The molecule has 1 aromatic rings. The van der Waals surface area contributed by atoms with Crippen molar-refractivity contribution in [2.75, 3.05) is 11.9 Å². The van der Waals surface area contributed by atoms with E-state index in [0.717, 1.165) is 17.3 Å². The van der Waals surface area contributed by atoms with Crippen molar-refractivity contribution >= 4 is 21.6 Å². The van der Waals surface area contributed by atoms with E-state index >= 15 is 0 Å². The maximum Gasteiger partial charge on any atom is 0.0407 e. The number of anilines is 1. The number of hydrogen-bond donors (Lipinski definition) is 0. The molecule has 0 aromatic heterocycles. The van der Waals surface area contributed by atoms with Crippen LogP contribution in [0.3, 0.4) is 0 Å². The second-order valence-corrected chi connectivity index (χ2v) is 5.86. The number of benzene rings is 1. The molecule has 0 amide bonds. The SMILES string of the molecule is CC1CCCC(N(C)c2ccccc2CBr)C1. The van der Waals surface area contributed by atoms with Gasteiger partial charge in [0.1, 0.15) is 0 Å². The molecule has 1 nitrogen and oxygen atoms in total. The molecule has 0 spiro atoms. The van der Waals surface area contributed by atoms with Gasteiger partial charge in [-0.05, 0) is 30.4 Å². The molecule has 17 heavy (non-hydrogen) atoms. The highest BCUT2D eigenvalue weighted by atomic mass is 79.9. The molecular formula is C15H22BrN. The zero-order valence-electron chi connectivity index (χ0n) is 10.8. The molecule has 2 unspecified atom stereocenters. The van der Waals surface area contributed by atoms with E-state index in [-0.39, 0.29) is 0 Å². The van der Waals surface area contributed by atoms with Crippen LogP contribution >= 0.6 is 15.9 Å². The van der Waals surface area contributed by atoms with Crippen molar-refractivity contribution in [2.45, 2.75) is 44.0 Å². The lowest BCUT2D eigenvalue weighted by atomic mass is 9.86. The molecule has 1 aliphatic carbocycles. The Bertz CT molecular complexity index is 364. The third-order valence-electron chi connectivity index (χ3n) is 3.97. The van der Waals surface area contributed by atoms with Crippen LogP contribution in [-0.4, -0.2) is 13.1 Å². The number of hydrogen-bond acceptors (Lipinski definition) is 1. The number of alkyl halides is 1. The Kier molecular flexibility index (Phi) is 4.49. The van der Waals surface area contributed by atoms with E-state index in [1.54, 1.807) is 0 Å². The van der Waals surface area contributed by atoms with Crippen molar-refractivity contribution in [3.8, 4) is 0 Å². The van der Waals surface area contributed by atoms with Gasteiger partial charge in [0.15, 0.2) is 0 Å². The molecule has 1 fully saturated rings. The quantitative estimate of drug-likeness (QED) is 0.737. The van der Waals surface area contributed by atoms with Crippen molar-refractivity contribution in [1.29, 1.82) is 0 Å². The molecule has 94 valence electrons. The summed E-state index contributed by atoms with van der Waals surface area (Å²) in [4.78, 5) is 2.49. The topological polar surface area (TPSA) is 3.24 Å². The number of rotatable bonds is 3. The van der Waals surface area contributed by atoms with E-state index in [1.807, 2.05) is 0 Å². The number of nitrogens with zero attached hydrogens (tertiary/aromatic N) is 1. The van der Waals surface area contributed by atoms with Gasteiger partial charge < -0.3 is 4.90 Å². The maximum atomic E-state index is 3.59. The summed E-state index contributed by atoms with van der Waals surface area (Å²) in [6, 6.07) is 9.45. The summed E-state index contributed by atoms with van der Waals surface area (Å²) < 4.78 is 0. The van der Waals surface area contributed by atoms with Crippen LogP contribution in [0.2, 0.25) is 0 Å². The van der Waals surface area contributed by atoms with Gasteiger partial charge in [-0.3, -0.25) is 0 Å². The normalized spacial score (nSPS) is 24.6. The van der Waals surface area contributed by atoms with Crippen LogP contribution in [0.15, 0.2) is 24.3 Å². The van der Waals surface area contributed by atoms with E-state index in [2.05, 4.69) is 59.1 Å². The highest BCUT2D eigenvalue weighted by Gasteiger charge is 2.23. The highest BCUT2D eigenvalue weighted by Crippen LogP contribution is 2.31. The van der Waals surface area contributed by atoms with Gasteiger partial charge in [0, 0.05) is 24.1 Å². The van der Waals surface area contributed by atoms with Gasteiger partial charge >= 0.3 is 0 Å². The molecule has 0 bridgehead atoms. The van der Waals surface area contributed by atoms with Crippen molar-refractivity contribution < 1.29 is 0 Å². The van der Waals surface area contributed by atoms with Crippen LogP contribution in [0.5, 0.6) is 0 Å². The highest BCUT2D eigenvalue weighted by molar-refractivity contribution is 9.08. The first-order chi connectivity index (χ1) is 8.22. The summed E-state index contributed by atoms with van der Waals surface area (Å²) in [6.07, 6.45) is 5.47. The zero-order chi connectivity index (χ0) is 12.3. The average molecular weight is 296 g/mol. The Morgan fingerprint density at radius 1 is 1.29 bits per heavy atom. The Morgan fingerprint density at radius 2 is 2.06 bits per heavy atom. The molecule has 1 aromatic carbocycles. The molecule has 1 aliphatic rings. The van der Waals surface area contributed by atoms with Crippen molar-refractivity contribution in [1.82, 2.24) is 0 Å². The van der Waals surface area contributed by atoms with Crippen LogP contribution in [-0.2, 0) is 5.33 Å². The summed E-state index contributed by atoms with van der Waals surface area (Å²) in [5.41, 5.74) is 2.79.